The highest BCUT2D eigenvalue weighted by Gasteiger charge is 2.29. The van der Waals surface area contributed by atoms with E-state index in [1.54, 1.807) is 24.3 Å². The molecule has 1 aliphatic rings. The summed E-state index contributed by atoms with van der Waals surface area (Å²) < 4.78 is 0. The Balaban J connectivity index is 2.07. The normalized spacial score (nSPS) is 14.9. The molecular weight excluding hydrogens is 180 g/mol. The standard InChI is InChI=1S/C10H10N2O2/c13-10(7-4-5-7)11-8-2-1-3-9(6-8)12-14/h1-3,6-7H,4-5H2,(H,11,13). The van der Waals surface area contributed by atoms with Crippen molar-refractivity contribution in [1.29, 1.82) is 0 Å². The van der Waals surface area contributed by atoms with Crippen LogP contribution in [-0.4, -0.2) is 5.91 Å². The van der Waals surface area contributed by atoms with Gasteiger partial charge in [-0.3, -0.25) is 4.79 Å². The summed E-state index contributed by atoms with van der Waals surface area (Å²) in [6, 6.07) is 6.60. The van der Waals surface area contributed by atoms with Gasteiger partial charge >= 0.3 is 0 Å². The fourth-order valence-electron chi connectivity index (χ4n) is 1.23. The van der Waals surface area contributed by atoms with Gasteiger partial charge in [0.25, 0.3) is 0 Å². The minimum atomic E-state index is 0.0352. The molecular formula is C10H10N2O2. The summed E-state index contributed by atoms with van der Waals surface area (Å²) in [5.41, 5.74) is 0.970. The van der Waals surface area contributed by atoms with Gasteiger partial charge in [-0.05, 0) is 36.2 Å². The SMILES string of the molecule is O=Nc1cccc(NC(=O)C2CC2)c1. The van der Waals surface area contributed by atoms with Gasteiger partial charge in [0, 0.05) is 11.6 Å². The minimum Gasteiger partial charge on any atom is -0.326 e. The lowest BCUT2D eigenvalue weighted by Crippen LogP contribution is -2.12. The quantitative estimate of drug-likeness (QED) is 0.744. The van der Waals surface area contributed by atoms with E-state index in [2.05, 4.69) is 10.5 Å². The lowest BCUT2D eigenvalue weighted by Gasteiger charge is -2.03. The molecule has 2 rings (SSSR count). The van der Waals surface area contributed by atoms with Gasteiger partial charge in [0.15, 0.2) is 0 Å². The number of amides is 1. The first-order chi connectivity index (χ1) is 6.79. The van der Waals surface area contributed by atoms with Crippen molar-refractivity contribution in [3.05, 3.63) is 29.2 Å². The van der Waals surface area contributed by atoms with Crippen molar-refractivity contribution in [3.8, 4) is 0 Å². The van der Waals surface area contributed by atoms with Gasteiger partial charge in [-0.1, -0.05) is 6.07 Å². The molecule has 1 amide bonds. The van der Waals surface area contributed by atoms with Gasteiger partial charge in [-0.15, -0.1) is 4.91 Å². The molecule has 1 fully saturated rings. The molecule has 0 spiro atoms. The second kappa shape index (κ2) is 3.57. The average molecular weight is 190 g/mol. The van der Waals surface area contributed by atoms with Crippen LogP contribution in [0.2, 0.25) is 0 Å². The Morgan fingerprint density at radius 2 is 2.21 bits per heavy atom. The molecule has 1 saturated carbocycles. The Morgan fingerprint density at radius 3 is 2.86 bits per heavy atom. The number of carbonyl (C=O) groups excluding carboxylic acids is 1. The van der Waals surface area contributed by atoms with Crippen LogP contribution in [0, 0.1) is 10.8 Å². The summed E-state index contributed by atoms with van der Waals surface area (Å²) in [6.45, 7) is 0. The fourth-order valence-corrected chi connectivity index (χ4v) is 1.23. The smallest absolute Gasteiger partial charge is 0.227 e. The second-order valence-electron chi connectivity index (χ2n) is 3.41. The highest BCUT2D eigenvalue weighted by atomic mass is 16.3. The molecule has 0 heterocycles. The molecule has 0 aromatic heterocycles. The van der Waals surface area contributed by atoms with Crippen LogP contribution in [0.15, 0.2) is 29.4 Å². The maximum atomic E-state index is 11.4. The van der Waals surface area contributed by atoms with E-state index in [1.807, 2.05) is 0 Å². The Bertz CT molecular complexity index is 372. The zero-order valence-electron chi connectivity index (χ0n) is 7.56. The minimum absolute atomic E-state index is 0.0352. The zero-order chi connectivity index (χ0) is 9.97. The fraction of sp³-hybridized carbons (Fsp3) is 0.300. The molecule has 4 nitrogen and oxygen atoms in total. The van der Waals surface area contributed by atoms with Gasteiger partial charge in [-0.2, -0.15) is 0 Å². The molecule has 14 heavy (non-hydrogen) atoms. The van der Waals surface area contributed by atoms with Gasteiger partial charge in [-0.25, -0.2) is 0 Å². The van der Waals surface area contributed by atoms with Crippen molar-refractivity contribution < 1.29 is 4.79 Å². The molecule has 0 aliphatic heterocycles. The van der Waals surface area contributed by atoms with Gasteiger partial charge < -0.3 is 5.32 Å². The number of nitrogens with zero attached hydrogens (tertiary/aromatic N) is 1. The van der Waals surface area contributed by atoms with Crippen molar-refractivity contribution in [1.82, 2.24) is 0 Å². The van der Waals surface area contributed by atoms with Crippen molar-refractivity contribution in [2.75, 3.05) is 5.32 Å². The summed E-state index contributed by atoms with van der Waals surface area (Å²) in [7, 11) is 0. The van der Waals surface area contributed by atoms with E-state index in [9.17, 15) is 9.70 Å². The monoisotopic (exact) mass is 190 g/mol. The molecule has 0 unspecified atom stereocenters. The summed E-state index contributed by atoms with van der Waals surface area (Å²) in [4.78, 5) is 21.6. The molecule has 0 saturated heterocycles. The lowest BCUT2D eigenvalue weighted by molar-refractivity contribution is -0.117. The first kappa shape index (κ1) is 8.87. The molecule has 0 bridgehead atoms. The van der Waals surface area contributed by atoms with Crippen molar-refractivity contribution >= 4 is 17.3 Å². The largest absolute Gasteiger partial charge is 0.326 e. The maximum absolute atomic E-state index is 11.4. The Kier molecular flexibility index (Phi) is 2.26. The summed E-state index contributed by atoms with van der Waals surface area (Å²) in [5.74, 6) is 0.205. The number of rotatable bonds is 3. The first-order valence-corrected chi connectivity index (χ1v) is 4.54. The number of anilines is 1. The third-order valence-electron chi connectivity index (χ3n) is 2.17. The lowest BCUT2D eigenvalue weighted by atomic mass is 10.2. The summed E-state index contributed by atoms with van der Waals surface area (Å²) in [6.07, 6.45) is 1.94. The van der Waals surface area contributed by atoms with Crippen LogP contribution in [0.1, 0.15) is 12.8 Å². The van der Waals surface area contributed by atoms with E-state index in [0.29, 0.717) is 11.4 Å². The molecule has 1 aliphatic carbocycles. The molecule has 0 atom stereocenters. The molecule has 4 heteroatoms. The number of nitrogens with one attached hydrogen (secondary N) is 1. The van der Waals surface area contributed by atoms with E-state index in [1.165, 1.54) is 0 Å². The van der Waals surface area contributed by atoms with E-state index in [4.69, 9.17) is 0 Å². The molecule has 1 aromatic rings. The average Bonchev–Trinajstić information content (AvgIpc) is 3.01. The Labute approximate surface area is 81.3 Å². The van der Waals surface area contributed by atoms with Gasteiger partial charge in [0.05, 0.1) is 0 Å². The maximum Gasteiger partial charge on any atom is 0.227 e. The highest BCUT2D eigenvalue weighted by molar-refractivity contribution is 5.94. The number of hydrogen-bond acceptors (Lipinski definition) is 3. The van der Waals surface area contributed by atoms with Gasteiger partial charge in [0.2, 0.25) is 5.91 Å². The van der Waals surface area contributed by atoms with Crippen LogP contribution in [0.5, 0.6) is 0 Å². The third-order valence-corrected chi connectivity index (χ3v) is 2.17. The predicted octanol–water partition coefficient (Wildman–Crippen LogP) is 2.43. The van der Waals surface area contributed by atoms with Crippen molar-refractivity contribution in [2.45, 2.75) is 12.8 Å². The van der Waals surface area contributed by atoms with Crippen molar-refractivity contribution in [2.24, 2.45) is 11.1 Å². The highest BCUT2D eigenvalue weighted by Crippen LogP contribution is 2.30. The third kappa shape index (κ3) is 1.96. The van der Waals surface area contributed by atoms with Crippen LogP contribution < -0.4 is 5.32 Å². The topological polar surface area (TPSA) is 58.5 Å². The number of nitroso groups, excluding NO2 is 1. The molecule has 0 radical (unpaired) electrons. The second-order valence-corrected chi connectivity index (χ2v) is 3.41. The summed E-state index contributed by atoms with van der Waals surface area (Å²) in [5, 5.41) is 5.54. The van der Waals surface area contributed by atoms with Crippen LogP contribution in [-0.2, 0) is 4.79 Å². The van der Waals surface area contributed by atoms with Crippen molar-refractivity contribution in [3.63, 3.8) is 0 Å². The number of benzene rings is 1. The van der Waals surface area contributed by atoms with E-state index < -0.39 is 0 Å². The Morgan fingerprint density at radius 1 is 1.43 bits per heavy atom. The van der Waals surface area contributed by atoms with E-state index >= 15 is 0 Å². The van der Waals surface area contributed by atoms with E-state index in [-0.39, 0.29) is 11.8 Å². The van der Waals surface area contributed by atoms with Crippen LogP contribution in [0.4, 0.5) is 11.4 Å². The zero-order valence-corrected chi connectivity index (χ0v) is 7.56. The predicted molar refractivity (Wildman–Crippen MR) is 53.3 cm³/mol. The Hall–Kier alpha value is -1.71. The number of carbonyl (C=O) groups is 1. The molecule has 1 aromatic carbocycles. The van der Waals surface area contributed by atoms with Crippen LogP contribution in [0.3, 0.4) is 0 Å². The van der Waals surface area contributed by atoms with E-state index in [0.717, 1.165) is 12.8 Å². The van der Waals surface area contributed by atoms with Crippen LogP contribution >= 0.6 is 0 Å². The molecule has 1 N–H and O–H groups in total. The first-order valence-electron chi connectivity index (χ1n) is 4.54. The number of hydrogen-bond donors (Lipinski definition) is 1. The van der Waals surface area contributed by atoms with Gasteiger partial charge in [0.1, 0.15) is 5.69 Å². The molecule has 72 valence electrons. The van der Waals surface area contributed by atoms with Crippen LogP contribution in [0.25, 0.3) is 0 Å². The summed E-state index contributed by atoms with van der Waals surface area (Å²) >= 11 is 0.